The van der Waals surface area contributed by atoms with E-state index < -0.39 is 32.5 Å². The van der Waals surface area contributed by atoms with E-state index in [0.717, 1.165) is 70.6 Å². The molecule has 0 rings (SSSR count). The molecule has 0 aliphatic heterocycles. The summed E-state index contributed by atoms with van der Waals surface area (Å²) >= 11 is 0. The molecule has 0 saturated carbocycles. The van der Waals surface area contributed by atoms with Crippen LogP contribution in [0.3, 0.4) is 0 Å². The summed E-state index contributed by atoms with van der Waals surface area (Å²) in [5, 5.41) is 0. The van der Waals surface area contributed by atoms with Crippen LogP contribution in [0.4, 0.5) is 0 Å². The number of carbonyl (C=O) groups is 2. The second-order valence-corrected chi connectivity index (χ2v) is 13.4. The molecule has 0 unspecified atom stereocenters. The van der Waals surface area contributed by atoms with Gasteiger partial charge in [-0.3, -0.25) is 14.1 Å². The van der Waals surface area contributed by atoms with Gasteiger partial charge < -0.3 is 19.3 Å². The van der Waals surface area contributed by atoms with Gasteiger partial charge in [-0.15, -0.1) is 0 Å². The maximum Gasteiger partial charge on any atom is 0.469 e. The van der Waals surface area contributed by atoms with E-state index in [0.29, 0.717) is 12.8 Å². The van der Waals surface area contributed by atoms with Gasteiger partial charge in [0.25, 0.3) is 0 Å². The molecule has 0 aromatic rings. The van der Waals surface area contributed by atoms with E-state index in [1.165, 1.54) is 44.9 Å². The molecule has 0 saturated heterocycles. The Morgan fingerprint density at radius 2 is 0.938 bits per heavy atom. The van der Waals surface area contributed by atoms with Gasteiger partial charge in [-0.1, -0.05) is 120 Å². The summed E-state index contributed by atoms with van der Waals surface area (Å²) in [5.74, 6) is -0.952. The van der Waals surface area contributed by atoms with E-state index in [2.05, 4.69) is 79.1 Å². The van der Waals surface area contributed by atoms with Crippen molar-refractivity contribution >= 4 is 19.8 Å². The Balaban J connectivity index is 4.09. The number of ether oxygens (including phenoxy) is 2. The third kappa shape index (κ3) is 36.6. The molecule has 0 heterocycles. The predicted molar refractivity (Wildman–Crippen MR) is 197 cm³/mol. The summed E-state index contributed by atoms with van der Waals surface area (Å²) in [5.41, 5.74) is 0. The predicted octanol–water partition coefficient (Wildman–Crippen LogP) is 11.0. The fraction of sp³-hybridized carbons (Fsp3) is 0.692. The number of carbonyl (C=O) groups excluding carboxylic acids is 2. The van der Waals surface area contributed by atoms with E-state index in [4.69, 9.17) is 19.3 Å². The molecule has 0 aromatic carbocycles. The van der Waals surface area contributed by atoms with Gasteiger partial charge in [-0.2, -0.15) is 0 Å². The molecule has 0 bridgehead atoms. The van der Waals surface area contributed by atoms with Crippen molar-refractivity contribution in [1.82, 2.24) is 0 Å². The Bertz CT molecular complexity index is 963. The molecule has 1 atom stereocenters. The highest BCUT2D eigenvalue weighted by Crippen LogP contribution is 2.35. The van der Waals surface area contributed by atoms with Crippen LogP contribution in [0.15, 0.2) is 60.8 Å². The molecule has 48 heavy (non-hydrogen) atoms. The lowest BCUT2D eigenvalue weighted by Gasteiger charge is -2.18. The SMILES string of the molecule is CCCCC/C=C/C/C=C/C/C=C/CCCCC(=O)OC[C@H](COP(=O)(O)O)OC(=O)CCCCCCC/C=C/C/C=C/CCCCC. The number of allylic oxidation sites excluding steroid dienone is 10. The molecular formula is C39H67O8P. The standard InChI is InChI=1S/C39H67O8P/c1-3-5-7-9-11-13-15-17-19-21-23-25-27-29-31-33-38(40)45-35-37(36-46-48(42,43)44)47-39(41)34-32-30-28-26-24-22-20-18-16-14-12-10-8-6-4-2/h11-14,17-20,23,25,37H,3-10,15-16,21-22,24,26-36H2,1-2H3,(H2,42,43,44)/b13-11+,14-12+,19-17+,20-18+,25-23+/t37-/m1/s1. The van der Waals surface area contributed by atoms with Crippen molar-refractivity contribution in [1.29, 1.82) is 0 Å². The molecule has 9 heteroatoms. The summed E-state index contributed by atoms with van der Waals surface area (Å²) in [6.45, 7) is 3.56. The molecule has 0 aromatic heterocycles. The van der Waals surface area contributed by atoms with Gasteiger partial charge in [0, 0.05) is 12.8 Å². The quantitative estimate of drug-likeness (QED) is 0.0301. The minimum absolute atomic E-state index is 0.185. The third-order valence-corrected chi connectivity index (χ3v) is 7.99. The summed E-state index contributed by atoms with van der Waals surface area (Å²) < 4.78 is 26.2. The molecule has 8 nitrogen and oxygen atoms in total. The van der Waals surface area contributed by atoms with Crippen molar-refractivity contribution in [2.24, 2.45) is 0 Å². The van der Waals surface area contributed by atoms with Gasteiger partial charge >= 0.3 is 19.8 Å². The highest BCUT2D eigenvalue weighted by atomic mass is 31.2. The first-order chi connectivity index (χ1) is 23.3. The topological polar surface area (TPSA) is 119 Å². The number of hydrogen-bond donors (Lipinski definition) is 2. The van der Waals surface area contributed by atoms with Crippen LogP contribution in [0.5, 0.6) is 0 Å². The van der Waals surface area contributed by atoms with Crippen molar-refractivity contribution < 1.29 is 37.9 Å². The van der Waals surface area contributed by atoms with Crippen LogP contribution in [-0.2, 0) is 28.2 Å². The lowest BCUT2D eigenvalue weighted by atomic mass is 10.1. The number of esters is 2. The molecule has 0 radical (unpaired) electrons. The first-order valence-electron chi connectivity index (χ1n) is 18.6. The Morgan fingerprint density at radius 1 is 0.542 bits per heavy atom. The summed E-state index contributed by atoms with van der Waals surface area (Å²) in [4.78, 5) is 42.7. The molecular weight excluding hydrogens is 627 g/mol. The molecule has 0 aliphatic carbocycles. The van der Waals surface area contributed by atoms with Crippen LogP contribution in [0.25, 0.3) is 0 Å². The summed E-state index contributed by atoms with van der Waals surface area (Å²) in [6.07, 6.45) is 42.2. The number of hydrogen-bond acceptors (Lipinski definition) is 6. The van der Waals surface area contributed by atoms with E-state index >= 15 is 0 Å². The first kappa shape index (κ1) is 45.8. The fourth-order valence-electron chi connectivity index (χ4n) is 4.70. The molecule has 0 fully saturated rings. The zero-order valence-corrected chi connectivity index (χ0v) is 31.0. The van der Waals surface area contributed by atoms with Crippen molar-refractivity contribution in [2.45, 2.75) is 161 Å². The molecule has 2 N–H and O–H groups in total. The van der Waals surface area contributed by atoms with Crippen LogP contribution in [-0.4, -0.2) is 41.0 Å². The van der Waals surface area contributed by atoms with Gasteiger partial charge in [0.05, 0.1) is 6.61 Å². The van der Waals surface area contributed by atoms with Crippen molar-refractivity contribution in [3.8, 4) is 0 Å². The summed E-state index contributed by atoms with van der Waals surface area (Å²) in [7, 11) is -4.76. The van der Waals surface area contributed by atoms with Crippen LogP contribution >= 0.6 is 7.82 Å². The number of rotatable bonds is 33. The lowest BCUT2D eigenvalue weighted by molar-refractivity contribution is -0.161. The third-order valence-electron chi connectivity index (χ3n) is 7.51. The lowest BCUT2D eigenvalue weighted by Crippen LogP contribution is -2.29. The highest BCUT2D eigenvalue weighted by molar-refractivity contribution is 7.46. The normalized spacial score (nSPS) is 13.2. The zero-order chi connectivity index (χ0) is 35.4. The first-order valence-corrected chi connectivity index (χ1v) is 20.1. The van der Waals surface area contributed by atoms with Crippen molar-refractivity contribution in [2.75, 3.05) is 13.2 Å². The molecule has 0 aliphatic rings. The minimum Gasteiger partial charge on any atom is -0.462 e. The van der Waals surface area contributed by atoms with E-state index in [-0.39, 0.29) is 19.4 Å². The number of unbranched alkanes of at least 4 members (excludes halogenated alkanes) is 13. The maximum atomic E-state index is 12.3. The van der Waals surface area contributed by atoms with Gasteiger partial charge in [0.15, 0.2) is 6.10 Å². The van der Waals surface area contributed by atoms with E-state index in [1.807, 2.05) is 0 Å². The van der Waals surface area contributed by atoms with E-state index in [9.17, 15) is 14.2 Å². The zero-order valence-electron chi connectivity index (χ0n) is 30.1. The smallest absolute Gasteiger partial charge is 0.462 e. The molecule has 276 valence electrons. The monoisotopic (exact) mass is 694 g/mol. The average molecular weight is 695 g/mol. The van der Waals surface area contributed by atoms with E-state index in [1.54, 1.807) is 0 Å². The van der Waals surface area contributed by atoms with Crippen molar-refractivity contribution in [3.63, 3.8) is 0 Å². The Kier molecular flexibility index (Phi) is 33.0. The Labute approximate surface area is 292 Å². The number of phosphoric ester groups is 1. The Morgan fingerprint density at radius 3 is 1.44 bits per heavy atom. The van der Waals surface area contributed by atoms with Gasteiger partial charge in [0.1, 0.15) is 6.61 Å². The molecule has 0 amide bonds. The average Bonchev–Trinajstić information content (AvgIpc) is 3.05. The number of phosphoric acid groups is 1. The van der Waals surface area contributed by atoms with Crippen LogP contribution < -0.4 is 0 Å². The van der Waals surface area contributed by atoms with Crippen molar-refractivity contribution in [3.05, 3.63) is 60.8 Å². The van der Waals surface area contributed by atoms with Crippen LogP contribution in [0.1, 0.15) is 155 Å². The summed E-state index contributed by atoms with van der Waals surface area (Å²) in [6, 6.07) is 0. The highest BCUT2D eigenvalue weighted by Gasteiger charge is 2.22. The van der Waals surface area contributed by atoms with Gasteiger partial charge in [-0.25, -0.2) is 4.57 Å². The maximum absolute atomic E-state index is 12.3. The van der Waals surface area contributed by atoms with Gasteiger partial charge in [-0.05, 0) is 83.5 Å². The minimum atomic E-state index is -4.76. The van der Waals surface area contributed by atoms with Crippen LogP contribution in [0, 0.1) is 0 Å². The largest absolute Gasteiger partial charge is 0.469 e. The fourth-order valence-corrected chi connectivity index (χ4v) is 5.06. The van der Waals surface area contributed by atoms with Crippen LogP contribution in [0.2, 0.25) is 0 Å². The second-order valence-electron chi connectivity index (χ2n) is 12.2. The Hall–Kier alpha value is -2.25. The molecule has 0 spiro atoms. The second kappa shape index (κ2) is 34.6. The van der Waals surface area contributed by atoms with Gasteiger partial charge in [0.2, 0.25) is 0 Å².